The molecule has 0 bridgehead atoms. The number of aromatic amines is 2. The van der Waals surface area contributed by atoms with E-state index in [0.717, 1.165) is 86.7 Å². The van der Waals surface area contributed by atoms with E-state index in [1.165, 1.54) is 55.3 Å². The topological polar surface area (TPSA) is 192 Å². The Hall–Kier alpha value is -3.75. The molecule has 2 amide bonds. The molecule has 2 radical (unpaired) electrons. The van der Waals surface area contributed by atoms with E-state index in [-0.39, 0.29) is 54.3 Å². The van der Waals surface area contributed by atoms with Gasteiger partial charge in [-0.2, -0.15) is 17.2 Å². The Morgan fingerprint density at radius 1 is 0.680 bits per heavy atom. The summed E-state index contributed by atoms with van der Waals surface area (Å²) in [6.07, 6.45) is 3.85. The van der Waals surface area contributed by atoms with Crippen LogP contribution in [0.3, 0.4) is 0 Å². The maximum atomic E-state index is 10.9. The molecule has 5 aromatic rings. The van der Waals surface area contributed by atoms with Crippen LogP contribution in [0.2, 0.25) is 0 Å². The van der Waals surface area contributed by atoms with Crippen molar-refractivity contribution < 1.29 is 65.8 Å². The molecule has 2 heterocycles. The number of carbonyl (C=O) groups excluding carboxylic acids is 4. The Morgan fingerprint density at radius 3 is 1.68 bits per heavy atom. The summed E-state index contributed by atoms with van der Waals surface area (Å²) in [6.45, 7) is 0. The number of fused-ring (bicyclic) bond motifs is 12. The molecular formula is C34H30N6O6P2V2. The van der Waals surface area contributed by atoms with Gasteiger partial charge in [0.2, 0.25) is 12.2 Å². The van der Waals surface area contributed by atoms with Crippen molar-refractivity contribution in [1.29, 1.82) is 0 Å². The standard InChI is InChI=1S/C30H22N4O2P2.2C2H5NO2.2V/c35-13-37-29-32-26-10-8-20-21(27(26)33-29)4-2-16-11-23-15(12-24(16)20)1-3-17-18-7-9-25-28(22(18)6-5-19(17)23)34-30(31-25)38-14-36;2*1-5-2(3)4;;/h2,4-6,11-12,37-38H,1,3,7-10H2,(H,31,34)(H,32,33);2*1H3,(H2,3,4);;/q-2;;;2*+2/p-2. The second kappa shape index (κ2) is 17.0. The van der Waals surface area contributed by atoms with Crippen molar-refractivity contribution in [3.8, 4) is 33.6 Å². The number of H-pyrrole nitrogens is 2. The number of methoxy groups -OCH3 is 2. The van der Waals surface area contributed by atoms with E-state index in [4.69, 9.17) is 21.4 Å². The predicted octanol–water partition coefficient (Wildman–Crippen LogP) is 5.93. The van der Waals surface area contributed by atoms with Gasteiger partial charge in [0, 0.05) is 22.5 Å². The Labute approximate surface area is 315 Å². The van der Waals surface area contributed by atoms with Crippen molar-refractivity contribution in [2.24, 2.45) is 0 Å². The van der Waals surface area contributed by atoms with Gasteiger partial charge in [0.25, 0.3) is 0 Å². The molecule has 2 unspecified atom stereocenters. The monoisotopic (exact) mass is 782 g/mol. The molecule has 252 valence electrons. The van der Waals surface area contributed by atoms with Gasteiger partial charge in [0.15, 0.2) is 0 Å². The van der Waals surface area contributed by atoms with Crippen molar-refractivity contribution >= 4 is 63.3 Å². The minimum absolute atomic E-state index is 0. The summed E-state index contributed by atoms with van der Waals surface area (Å²) in [4.78, 5) is 56.5. The normalized spacial score (nSPS) is 12.9. The zero-order valence-electron chi connectivity index (χ0n) is 26.9. The minimum atomic E-state index is -0.995. The fraction of sp³-hybridized carbons (Fsp3) is 0.235. The number of hydrogen-bond donors (Lipinski definition) is 2. The van der Waals surface area contributed by atoms with Crippen LogP contribution in [0, 0.1) is 0 Å². The van der Waals surface area contributed by atoms with Crippen LogP contribution in [-0.4, -0.2) is 58.4 Å². The van der Waals surface area contributed by atoms with Crippen molar-refractivity contribution in [3.63, 3.8) is 0 Å². The number of ether oxygens (including phenoxy) is 2. The second-order valence-electron chi connectivity index (χ2n) is 11.2. The van der Waals surface area contributed by atoms with Crippen LogP contribution in [0.1, 0.15) is 33.6 Å². The van der Waals surface area contributed by atoms with E-state index < -0.39 is 12.2 Å². The Kier molecular flexibility index (Phi) is 13.3. The van der Waals surface area contributed by atoms with E-state index >= 15 is 0 Å². The molecule has 12 nitrogen and oxygen atoms in total. The van der Waals surface area contributed by atoms with Gasteiger partial charge in [-0.05, 0) is 88.7 Å². The molecule has 0 fully saturated rings. The summed E-state index contributed by atoms with van der Waals surface area (Å²) in [6, 6.07) is 17.7. The quantitative estimate of drug-likeness (QED) is 0.166. The molecule has 3 aliphatic rings. The maximum absolute atomic E-state index is 10.9. The number of carbonyl (C=O) groups is 2. The Bertz CT molecular complexity index is 2090. The zero-order chi connectivity index (χ0) is 33.9. The van der Waals surface area contributed by atoms with Gasteiger partial charge in [0.05, 0.1) is 36.7 Å². The summed E-state index contributed by atoms with van der Waals surface area (Å²) < 4.78 is 7.56. The molecule has 50 heavy (non-hydrogen) atoms. The van der Waals surface area contributed by atoms with Crippen LogP contribution in [0.25, 0.3) is 55.9 Å². The first-order valence-electron chi connectivity index (χ1n) is 15.0. The number of hydrogen-bond acceptors (Lipinski definition) is 8. The van der Waals surface area contributed by atoms with E-state index in [9.17, 15) is 19.2 Å². The summed E-state index contributed by atoms with van der Waals surface area (Å²) in [5.74, 6) is 0. The van der Waals surface area contributed by atoms with Crippen molar-refractivity contribution in [2.45, 2.75) is 38.5 Å². The first kappa shape index (κ1) is 39.0. The van der Waals surface area contributed by atoms with Crippen molar-refractivity contribution in [1.82, 2.24) is 19.9 Å². The van der Waals surface area contributed by atoms with Gasteiger partial charge in [-0.15, -0.1) is 0 Å². The molecule has 2 aromatic heterocycles. The first-order valence-corrected chi connectivity index (χ1v) is 17.0. The van der Waals surface area contributed by atoms with Crippen LogP contribution in [0.5, 0.6) is 0 Å². The van der Waals surface area contributed by atoms with Gasteiger partial charge in [-0.3, -0.25) is 9.59 Å². The van der Waals surface area contributed by atoms with Gasteiger partial charge >= 0.3 is 37.1 Å². The van der Waals surface area contributed by atoms with E-state index in [0.29, 0.717) is 0 Å². The molecular weight excluding hydrogens is 752 g/mol. The number of imidazole rings is 2. The molecule has 4 N–H and O–H groups in total. The first-order chi connectivity index (χ1) is 23.3. The fourth-order valence-corrected chi connectivity index (χ4v) is 7.72. The van der Waals surface area contributed by atoms with Gasteiger partial charge in [-0.1, -0.05) is 30.3 Å². The number of aryl methyl sites for hydroxylation is 4. The van der Waals surface area contributed by atoms with E-state index in [1.807, 2.05) is 12.1 Å². The number of amides is 2. The number of aromatic nitrogens is 4. The Morgan fingerprint density at radius 2 is 1.14 bits per heavy atom. The van der Waals surface area contributed by atoms with Gasteiger partial charge in [0.1, 0.15) is 0 Å². The molecule has 0 saturated carbocycles. The molecule has 2 atom stereocenters. The van der Waals surface area contributed by atoms with Crippen LogP contribution in [0.15, 0.2) is 36.4 Å². The predicted molar refractivity (Wildman–Crippen MR) is 188 cm³/mol. The largest absolute Gasteiger partial charge is 2.00 e. The van der Waals surface area contributed by atoms with Crippen molar-refractivity contribution in [3.05, 3.63) is 81.5 Å². The van der Waals surface area contributed by atoms with Crippen molar-refractivity contribution in [2.75, 3.05) is 14.2 Å². The molecule has 3 aliphatic carbocycles. The summed E-state index contributed by atoms with van der Waals surface area (Å²) in [5.41, 5.74) is 28.4. The van der Waals surface area contributed by atoms with Crippen LogP contribution in [0.4, 0.5) is 9.59 Å². The summed E-state index contributed by atoms with van der Waals surface area (Å²) in [5, 5.41) is 2.59. The van der Waals surface area contributed by atoms with E-state index in [1.54, 1.807) is 0 Å². The number of nitrogens with zero attached hydrogens (tertiary/aromatic N) is 2. The molecule has 0 saturated heterocycles. The van der Waals surface area contributed by atoms with Gasteiger partial charge < -0.3 is 40.5 Å². The summed E-state index contributed by atoms with van der Waals surface area (Å²) in [7, 11) is 2.22. The zero-order valence-corrected chi connectivity index (χ0v) is 31.7. The second-order valence-corrected chi connectivity index (χ2v) is 13.1. The molecule has 8 rings (SSSR count). The third-order valence-corrected chi connectivity index (χ3v) is 9.90. The van der Waals surface area contributed by atoms with Gasteiger partial charge in [-0.25, -0.2) is 22.0 Å². The average Bonchev–Trinajstić information content (AvgIpc) is 3.71. The third kappa shape index (κ3) is 7.76. The maximum Gasteiger partial charge on any atom is 2.00 e. The molecule has 0 spiro atoms. The SMILES string of the molecule is COC([NH-])=O.COC([NH-])=O.O=[C-]Pc1nc2c([nH]1)CCc1c-2ccc2c1CCc1cc3c4c(ccc3cc1-2)-c1nc(P[C-]=O)[nH]c1CC4.[V+2].[V+2]. The number of benzene rings is 3. The Balaban J connectivity index is 0.000000416. The number of rotatable bonds is 4. The molecule has 16 heteroatoms. The number of nitrogens with one attached hydrogen (secondary N) is 4. The minimum Gasteiger partial charge on any atom is -0.632 e. The molecule has 3 aromatic carbocycles. The third-order valence-electron chi connectivity index (χ3n) is 8.75. The average molecular weight is 782 g/mol. The smallest absolute Gasteiger partial charge is 0.632 e. The fourth-order valence-electron chi connectivity index (χ4n) is 6.77. The summed E-state index contributed by atoms with van der Waals surface area (Å²) >= 11 is 0. The van der Waals surface area contributed by atoms with Crippen LogP contribution < -0.4 is 11.1 Å². The molecule has 0 aliphatic heterocycles. The van der Waals surface area contributed by atoms with E-state index in [2.05, 4.69) is 55.8 Å². The van der Waals surface area contributed by atoms with Crippen LogP contribution in [-0.2, 0) is 94.7 Å². The van der Waals surface area contributed by atoms with Crippen LogP contribution >= 0.6 is 17.2 Å².